The maximum Gasteiger partial charge on any atom is 0.278 e. The molecule has 0 amide bonds. The molecule has 4 heterocycles. The van der Waals surface area contributed by atoms with Crippen LogP contribution in [0.25, 0.3) is 16.9 Å². The van der Waals surface area contributed by atoms with Crippen molar-refractivity contribution in [3.63, 3.8) is 0 Å². The van der Waals surface area contributed by atoms with Crippen LogP contribution in [0.4, 0.5) is 11.6 Å². The first-order valence-corrected chi connectivity index (χ1v) is 11.9. The van der Waals surface area contributed by atoms with Gasteiger partial charge < -0.3 is 10.6 Å². The van der Waals surface area contributed by atoms with Crippen LogP contribution in [-0.4, -0.2) is 30.9 Å². The van der Waals surface area contributed by atoms with Gasteiger partial charge in [0.05, 0.1) is 23.2 Å². The number of fused-ring (bicyclic) bond motifs is 2. The van der Waals surface area contributed by atoms with E-state index in [0.29, 0.717) is 28.5 Å². The molecule has 6 rings (SSSR count). The molecule has 0 bridgehead atoms. The molecular formula is C26H26N8O. The van der Waals surface area contributed by atoms with E-state index >= 15 is 0 Å². The molecule has 9 nitrogen and oxygen atoms in total. The summed E-state index contributed by atoms with van der Waals surface area (Å²) in [4.78, 5) is 27.3. The predicted octanol–water partition coefficient (Wildman–Crippen LogP) is 3.50. The second-order valence-corrected chi connectivity index (χ2v) is 9.78. The van der Waals surface area contributed by atoms with Crippen molar-refractivity contribution in [2.24, 2.45) is 0 Å². The van der Waals surface area contributed by atoms with Gasteiger partial charge in [0.15, 0.2) is 11.5 Å². The van der Waals surface area contributed by atoms with E-state index in [4.69, 9.17) is 9.97 Å². The molecule has 1 aromatic carbocycles. The van der Waals surface area contributed by atoms with E-state index < -0.39 is 5.41 Å². The third-order valence-electron chi connectivity index (χ3n) is 6.74. The van der Waals surface area contributed by atoms with Gasteiger partial charge in [0, 0.05) is 18.4 Å². The van der Waals surface area contributed by atoms with Crippen molar-refractivity contribution in [1.82, 2.24) is 29.6 Å². The first-order chi connectivity index (χ1) is 16.9. The molecule has 0 radical (unpaired) electrons. The van der Waals surface area contributed by atoms with Crippen LogP contribution in [0.15, 0.2) is 47.4 Å². The van der Waals surface area contributed by atoms with E-state index in [0.717, 1.165) is 38.0 Å². The van der Waals surface area contributed by atoms with Gasteiger partial charge in [-0.15, -0.1) is 0 Å². The topological polar surface area (TPSA) is 113 Å². The Bertz CT molecular complexity index is 1550. The van der Waals surface area contributed by atoms with Crippen molar-refractivity contribution >= 4 is 22.7 Å². The minimum atomic E-state index is -0.757. The van der Waals surface area contributed by atoms with Gasteiger partial charge in [-0.1, -0.05) is 12.1 Å². The van der Waals surface area contributed by atoms with Crippen LogP contribution in [0, 0.1) is 11.3 Å². The van der Waals surface area contributed by atoms with Crippen LogP contribution in [-0.2, 0) is 18.4 Å². The molecule has 35 heavy (non-hydrogen) atoms. The predicted molar refractivity (Wildman–Crippen MR) is 133 cm³/mol. The van der Waals surface area contributed by atoms with Crippen molar-refractivity contribution in [2.75, 3.05) is 11.9 Å². The Hall–Kier alpha value is -4.03. The smallest absolute Gasteiger partial charge is 0.278 e. The standard InChI is InChI=1S/C26H26N8O/c1-26(2,15-27)21-4-3-5-22(31-21)34-23-20(24(35)33(34)19-8-9-19)14-29-25(32-23)30-18-7-6-16-10-11-28-13-17(16)12-18/h3-7,12,14,19,28H,8-11,13H2,1-2H3,(H,29,30,32). The van der Waals surface area contributed by atoms with Gasteiger partial charge in [-0.25, -0.2) is 19.3 Å². The van der Waals surface area contributed by atoms with Crippen LogP contribution in [0.1, 0.15) is 49.6 Å². The highest BCUT2D eigenvalue weighted by molar-refractivity contribution is 5.77. The van der Waals surface area contributed by atoms with E-state index in [2.05, 4.69) is 33.8 Å². The lowest BCUT2D eigenvalue weighted by molar-refractivity contribution is 0.548. The zero-order valence-electron chi connectivity index (χ0n) is 19.7. The van der Waals surface area contributed by atoms with Crippen molar-refractivity contribution in [3.8, 4) is 11.9 Å². The van der Waals surface area contributed by atoms with E-state index in [-0.39, 0.29) is 11.6 Å². The molecule has 1 aliphatic carbocycles. The number of nitrogens with zero attached hydrogens (tertiary/aromatic N) is 6. The van der Waals surface area contributed by atoms with Crippen LogP contribution in [0.5, 0.6) is 0 Å². The van der Waals surface area contributed by atoms with Gasteiger partial charge in [-0.05, 0) is 75.0 Å². The van der Waals surface area contributed by atoms with E-state index in [1.165, 1.54) is 11.1 Å². The average Bonchev–Trinajstić information content (AvgIpc) is 3.68. The fourth-order valence-corrected chi connectivity index (χ4v) is 4.56. The summed E-state index contributed by atoms with van der Waals surface area (Å²) in [7, 11) is 0. The third-order valence-corrected chi connectivity index (χ3v) is 6.74. The zero-order chi connectivity index (χ0) is 24.2. The molecule has 1 fully saturated rings. The van der Waals surface area contributed by atoms with Crippen LogP contribution in [0.3, 0.4) is 0 Å². The largest absolute Gasteiger partial charge is 0.324 e. The Kier molecular flexibility index (Phi) is 4.93. The Morgan fingerprint density at radius 1 is 1.17 bits per heavy atom. The van der Waals surface area contributed by atoms with Gasteiger partial charge in [0.25, 0.3) is 5.56 Å². The Balaban J connectivity index is 1.47. The maximum atomic E-state index is 13.3. The van der Waals surface area contributed by atoms with Gasteiger partial charge in [-0.3, -0.25) is 4.79 Å². The fraction of sp³-hybridized carbons (Fsp3) is 0.346. The molecule has 3 aromatic heterocycles. The average molecular weight is 467 g/mol. The Labute approximate surface area is 202 Å². The van der Waals surface area contributed by atoms with Gasteiger partial charge in [0.2, 0.25) is 5.95 Å². The van der Waals surface area contributed by atoms with Gasteiger partial charge in [-0.2, -0.15) is 10.2 Å². The lowest BCUT2D eigenvalue weighted by Crippen LogP contribution is -2.23. The molecular weight excluding hydrogens is 440 g/mol. The number of nitrogens with one attached hydrogen (secondary N) is 2. The zero-order valence-corrected chi connectivity index (χ0v) is 19.7. The van der Waals surface area contributed by atoms with Crippen molar-refractivity contribution in [2.45, 2.75) is 51.1 Å². The minimum absolute atomic E-state index is 0.107. The molecule has 0 unspecified atom stereocenters. The number of benzene rings is 1. The maximum absolute atomic E-state index is 13.3. The van der Waals surface area contributed by atoms with Crippen LogP contribution in [0.2, 0.25) is 0 Å². The summed E-state index contributed by atoms with van der Waals surface area (Å²) in [6.07, 6.45) is 4.47. The van der Waals surface area contributed by atoms with Crippen molar-refractivity contribution in [1.29, 1.82) is 5.26 Å². The number of hydrogen-bond acceptors (Lipinski definition) is 7. The number of nitriles is 1. The SMILES string of the molecule is CC(C)(C#N)c1cccc(-n2c3nc(Nc4ccc5c(c4)CNCC5)ncc3c(=O)n2C2CC2)n1. The molecule has 0 spiro atoms. The molecule has 2 aliphatic rings. The summed E-state index contributed by atoms with van der Waals surface area (Å²) >= 11 is 0. The van der Waals surface area contributed by atoms with Crippen LogP contribution >= 0.6 is 0 Å². The first kappa shape index (κ1) is 21.5. The fourth-order valence-electron chi connectivity index (χ4n) is 4.56. The minimum Gasteiger partial charge on any atom is -0.324 e. The molecule has 176 valence electrons. The number of hydrogen-bond donors (Lipinski definition) is 2. The highest BCUT2D eigenvalue weighted by atomic mass is 16.1. The number of pyridine rings is 1. The molecule has 2 N–H and O–H groups in total. The van der Waals surface area contributed by atoms with Crippen molar-refractivity contribution < 1.29 is 0 Å². The Morgan fingerprint density at radius 2 is 2.03 bits per heavy atom. The molecule has 1 aliphatic heterocycles. The normalized spacial score (nSPS) is 15.6. The molecule has 0 atom stereocenters. The highest BCUT2D eigenvalue weighted by Gasteiger charge is 2.32. The Morgan fingerprint density at radius 3 is 2.83 bits per heavy atom. The summed E-state index contributed by atoms with van der Waals surface area (Å²) in [5, 5.41) is 16.8. The monoisotopic (exact) mass is 466 g/mol. The van der Waals surface area contributed by atoms with Gasteiger partial charge >= 0.3 is 0 Å². The summed E-state index contributed by atoms with van der Waals surface area (Å²) in [6.45, 7) is 5.50. The lowest BCUT2D eigenvalue weighted by atomic mass is 9.91. The second-order valence-electron chi connectivity index (χ2n) is 9.78. The van der Waals surface area contributed by atoms with Crippen LogP contribution < -0.4 is 16.2 Å². The first-order valence-electron chi connectivity index (χ1n) is 11.9. The third kappa shape index (κ3) is 3.76. The summed E-state index contributed by atoms with van der Waals surface area (Å²) in [6, 6.07) is 14.3. The molecule has 9 heteroatoms. The number of aromatic nitrogens is 5. The second kappa shape index (κ2) is 8.03. The highest BCUT2D eigenvalue weighted by Crippen LogP contribution is 2.35. The number of rotatable bonds is 5. The lowest BCUT2D eigenvalue weighted by Gasteiger charge is -2.18. The quantitative estimate of drug-likeness (QED) is 0.463. The van der Waals surface area contributed by atoms with Gasteiger partial charge in [0.1, 0.15) is 5.39 Å². The summed E-state index contributed by atoms with van der Waals surface area (Å²) < 4.78 is 3.52. The summed E-state index contributed by atoms with van der Waals surface area (Å²) in [5.41, 5.74) is 3.78. The van der Waals surface area contributed by atoms with E-state index in [1.807, 2.05) is 38.1 Å². The molecule has 0 saturated heterocycles. The molecule has 4 aromatic rings. The number of anilines is 2. The molecule has 1 saturated carbocycles. The van der Waals surface area contributed by atoms with Crippen molar-refractivity contribution in [3.05, 3.63) is 69.8 Å². The van der Waals surface area contributed by atoms with E-state index in [9.17, 15) is 10.1 Å². The van der Waals surface area contributed by atoms with E-state index in [1.54, 1.807) is 15.6 Å². The summed E-state index contributed by atoms with van der Waals surface area (Å²) in [5.74, 6) is 0.978.